The fourth-order valence-electron chi connectivity index (χ4n) is 3.04. The lowest BCUT2D eigenvalue weighted by Gasteiger charge is -2.33. The molecule has 0 heterocycles. The summed E-state index contributed by atoms with van der Waals surface area (Å²) < 4.78 is 5.21. The number of nitrogens with two attached hydrogens (primary N) is 1. The largest absolute Gasteiger partial charge is 0.497 e. The average molecular weight is 290 g/mol. The van der Waals surface area contributed by atoms with E-state index >= 15 is 0 Å². The smallest absolute Gasteiger partial charge is 0.222 e. The predicted molar refractivity (Wildman–Crippen MR) is 84.2 cm³/mol. The molecule has 1 aliphatic carbocycles. The summed E-state index contributed by atoms with van der Waals surface area (Å²) in [6.07, 6.45) is 5.83. The van der Waals surface area contributed by atoms with E-state index in [-0.39, 0.29) is 17.5 Å². The summed E-state index contributed by atoms with van der Waals surface area (Å²) in [6.45, 7) is 1.98. The van der Waals surface area contributed by atoms with E-state index < -0.39 is 0 Å². The molecule has 1 fully saturated rings. The summed E-state index contributed by atoms with van der Waals surface area (Å²) in [6, 6.07) is 7.73. The molecule has 0 spiro atoms. The first-order valence-electron chi connectivity index (χ1n) is 7.75. The Bertz CT molecular complexity index is 481. The predicted octanol–water partition coefficient (Wildman–Crippen LogP) is 2.92. The summed E-state index contributed by atoms with van der Waals surface area (Å²) >= 11 is 0. The van der Waals surface area contributed by atoms with Crippen LogP contribution in [0.2, 0.25) is 0 Å². The maximum absolute atomic E-state index is 12.2. The van der Waals surface area contributed by atoms with Crippen LogP contribution in [0, 0.1) is 0 Å². The normalized spacial score (nSPS) is 18.8. The van der Waals surface area contributed by atoms with Crippen LogP contribution in [-0.4, -0.2) is 18.6 Å². The molecule has 4 nitrogen and oxygen atoms in total. The third-order valence-corrected chi connectivity index (χ3v) is 4.33. The van der Waals surface area contributed by atoms with Gasteiger partial charge in [-0.3, -0.25) is 4.79 Å². The molecular formula is C17H26N2O2. The molecule has 1 aromatic rings. The second kappa shape index (κ2) is 6.94. The molecule has 3 N–H and O–H groups in total. The lowest BCUT2D eigenvalue weighted by Crippen LogP contribution is -2.46. The molecule has 116 valence electrons. The first-order chi connectivity index (χ1) is 10.0. The highest BCUT2D eigenvalue weighted by Crippen LogP contribution is 2.29. The summed E-state index contributed by atoms with van der Waals surface area (Å²) in [5.74, 6) is 0.839. The fraction of sp³-hybridized carbons (Fsp3) is 0.588. The Morgan fingerprint density at radius 3 is 2.76 bits per heavy atom. The van der Waals surface area contributed by atoms with Crippen LogP contribution >= 0.6 is 0 Å². The second-order valence-corrected chi connectivity index (χ2v) is 6.17. The molecule has 0 aliphatic heterocycles. The molecule has 1 amide bonds. The van der Waals surface area contributed by atoms with E-state index in [9.17, 15) is 4.79 Å². The maximum Gasteiger partial charge on any atom is 0.222 e. The van der Waals surface area contributed by atoms with Crippen molar-refractivity contribution in [2.45, 2.75) is 57.0 Å². The van der Waals surface area contributed by atoms with Gasteiger partial charge < -0.3 is 15.8 Å². The van der Waals surface area contributed by atoms with Crippen LogP contribution in [0.1, 0.15) is 57.1 Å². The third-order valence-electron chi connectivity index (χ3n) is 4.33. The van der Waals surface area contributed by atoms with Gasteiger partial charge in [-0.15, -0.1) is 0 Å². The monoisotopic (exact) mass is 290 g/mol. The minimum atomic E-state index is -0.309. The topological polar surface area (TPSA) is 64.3 Å². The number of amides is 1. The molecule has 1 unspecified atom stereocenters. The first kappa shape index (κ1) is 15.8. The summed E-state index contributed by atoms with van der Waals surface area (Å²) in [4.78, 5) is 12.2. The second-order valence-electron chi connectivity index (χ2n) is 6.17. The van der Waals surface area contributed by atoms with Gasteiger partial charge >= 0.3 is 0 Å². The number of carbonyl (C=O) groups excluding carboxylic acids is 1. The Kier molecular flexibility index (Phi) is 5.23. The van der Waals surface area contributed by atoms with E-state index in [1.807, 2.05) is 31.2 Å². The van der Waals surface area contributed by atoms with E-state index in [4.69, 9.17) is 10.5 Å². The lowest BCUT2D eigenvalue weighted by molar-refractivity contribution is -0.123. The highest BCUT2D eigenvalue weighted by molar-refractivity contribution is 5.77. The number of hydrogen-bond acceptors (Lipinski definition) is 3. The van der Waals surface area contributed by atoms with Crippen molar-refractivity contribution in [2.24, 2.45) is 5.73 Å². The van der Waals surface area contributed by atoms with Crippen molar-refractivity contribution in [3.63, 3.8) is 0 Å². The van der Waals surface area contributed by atoms with Crippen molar-refractivity contribution in [1.29, 1.82) is 0 Å². The molecule has 4 heteroatoms. The highest BCUT2D eigenvalue weighted by atomic mass is 16.5. The SMILES string of the molecule is COc1cccc(C(C)NC(=O)CC2(N)CCCCC2)c1. The van der Waals surface area contributed by atoms with Gasteiger partial charge in [0.2, 0.25) is 5.91 Å². The molecule has 21 heavy (non-hydrogen) atoms. The number of ether oxygens (including phenoxy) is 1. The number of nitrogens with one attached hydrogen (secondary N) is 1. The van der Waals surface area contributed by atoms with Crippen LogP contribution in [0.4, 0.5) is 0 Å². The van der Waals surface area contributed by atoms with E-state index in [1.165, 1.54) is 6.42 Å². The Balaban J connectivity index is 1.92. The molecule has 1 saturated carbocycles. The van der Waals surface area contributed by atoms with Crippen LogP contribution in [-0.2, 0) is 4.79 Å². The van der Waals surface area contributed by atoms with Crippen LogP contribution in [0.25, 0.3) is 0 Å². The van der Waals surface area contributed by atoms with Gasteiger partial charge in [0.1, 0.15) is 5.75 Å². The number of rotatable bonds is 5. The van der Waals surface area contributed by atoms with Crippen LogP contribution in [0.3, 0.4) is 0 Å². The highest BCUT2D eigenvalue weighted by Gasteiger charge is 2.30. The lowest BCUT2D eigenvalue weighted by atomic mass is 9.80. The van der Waals surface area contributed by atoms with Crippen LogP contribution in [0.15, 0.2) is 24.3 Å². The standard InChI is InChI=1S/C17H26N2O2/c1-13(14-7-6-8-15(11-14)21-2)19-16(20)12-17(18)9-4-3-5-10-17/h6-8,11,13H,3-5,9-10,12,18H2,1-2H3,(H,19,20). The summed E-state index contributed by atoms with van der Waals surface area (Å²) in [5, 5.41) is 3.05. The van der Waals surface area contributed by atoms with Crippen molar-refractivity contribution in [1.82, 2.24) is 5.32 Å². The summed E-state index contributed by atoms with van der Waals surface area (Å²) in [7, 11) is 1.64. The Morgan fingerprint density at radius 2 is 2.10 bits per heavy atom. The van der Waals surface area contributed by atoms with Gasteiger partial charge in [-0.05, 0) is 37.5 Å². The van der Waals surface area contributed by atoms with Gasteiger partial charge in [-0.1, -0.05) is 31.4 Å². The van der Waals surface area contributed by atoms with Gasteiger partial charge in [0.05, 0.1) is 13.2 Å². The molecule has 1 aliphatic rings. The van der Waals surface area contributed by atoms with Gasteiger partial charge in [0, 0.05) is 12.0 Å². The molecule has 2 rings (SSSR count). The van der Waals surface area contributed by atoms with Gasteiger partial charge in [0.15, 0.2) is 0 Å². The van der Waals surface area contributed by atoms with Gasteiger partial charge in [-0.2, -0.15) is 0 Å². The van der Waals surface area contributed by atoms with E-state index in [0.717, 1.165) is 37.0 Å². The summed E-state index contributed by atoms with van der Waals surface area (Å²) in [5.41, 5.74) is 7.07. The minimum absolute atomic E-state index is 0.0368. The van der Waals surface area contributed by atoms with Crippen molar-refractivity contribution in [2.75, 3.05) is 7.11 Å². The quantitative estimate of drug-likeness (QED) is 0.876. The molecule has 0 saturated heterocycles. The Morgan fingerprint density at radius 1 is 1.38 bits per heavy atom. The zero-order valence-corrected chi connectivity index (χ0v) is 13.0. The zero-order valence-electron chi connectivity index (χ0n) is 13.0. The van der Waals surface area contributed by atoms with E-state index in [1.54, 1.807) is 7.11 Å². The molecule has 1 aromatic carbocycles. The van der Waals surface area contributed by atoms with E-state index in [0.29, 0.717) is 6.42 Å². The average Bonchev–Trinajstić information content (AvgIpc) is 2.47. The molecule has 0 radical (unpaired) electrons. The third kappa shape index (κ3) is 4.46. The number of methoxy groups -OCH3 is 1. The molecule has 1 atom stereocenters. The van der Waals surface area contributed by atoms with Crippen molar-refractivity contribution in [3.05, 3.63) is 29.8 Å². The maximum atomic E-state index is 12.2. The van der Waals surface area contributed by atoms with Gasteiger partial charge in [-0.25, -0.2) is 0 Å². The van der Waals surface area contributed by atoms with Crippen molar-refractivity contribution in [3.8, 4) is 5.75 Å². The number of hydrogen-bond donors (Lipinski definition) is 2. The van der Waals surface area contributed by atoms with E-state index in [2.05, 4.69) is 5.32 Å². The minimum Gasteiger partial charge on any atom is -0.497 e. The van der Waals surface area contributed by atoms with Crippen LogP contribution in [0.5, 0.6) is 5.75 Å². The Hall–Kier alpha value is -1.55. The molecule has 0 bridgehead atoms. The zero-order chi connectivity index (χ0) is 15.3. The van der Waals surface area contributed by atoms with Crippen LogP contribution < -0.4 is 15.8 Å². The fourth-order valence-corrected chi connectivity index (χ4v) is 3.04. The number of carbonyl (C=O) groups is 1. The molecular weight excluding hydrogens is 264 g/mol. The molecule has 0 aromatic heterocycles. The number of benzene rings is 1. The van der Waals surface area contributed by atoms with Crippen molar-refractivity contribution >= 4 is 5.91 Å². The Labute approximate surface area is 127 Å². The van der Waals surface area contributed by atoms with Gasteiger partial charge in [0.25, 0.3) is 0 Å². The van der Waals surface area contributed by atoms with Crippen molar-refractivity contribution < 1.29 is 9.53 Å². The first-order valence-corrected chi connectivity index (χ1v) is 7.75.